The lowest BCUT2D eigenvalue weighted by Gasteiger charge is -2.22. The van der Waals surface area contributed by atoms with Gasteiger partial charge in [0.05, 0.1) is 14.2 Å². The molecule has 2 rings (SSSR count). The molecule has 0 amide bonds. The molecule has 4 nitrogen and oxygen atoms in total. The third-order valence-corrected chi connectivity index (χ3v) is 3.21. The van der Waals surface area contributed by atoms with Gasteiger partial charge in [0.1, 0.15) is 23.7 Å². The Balaban J connectivity index is 2.35. The Bertz CT molecular complexity index is 516. The lowest BCUT2D eigenvalue weighted by atomic mass is 9.97. The van der Waals surface area contributed by atoms with Crippen molar-refractivity contribution in [2.75, 3.05) is 14.2 Å². The molecule has 20 heavy (non-hydrogen) atoms. The second-order valence-corrected chi connectivity index (χ2v) is 4.37. The van der Waals surface area contributed by atoms with E-state index in [0.717, 1.165) is 0 Å². The minimum atomic E-state index is -1.09. The van der Waals surface area contributed by atoms with Gasteiger partial charge in [-0.2, -0.15) is 0 Å². The van der Waals surface area contributed by atoms with Crippen molar-refractivity contribution in [2.45, 2.75) is 12.2 Å². The van der Waals surface area contributed by atoms with Crippen LogP contribution in [0.5, 0.6) is 11.5 Å². The average molecular weight is 274 g/mol. The van der Waals surface area contributed by atoms with Crippen LogP contribution in [0.25, 0.3) is 0 Å². The number of hydrogen-bond donors (Lipinski definition) is 2. The summed E-state index contributed by atoms with van der Waals surface area (Å²) in [6.45, 7) is 0. The Kier molecular flexibility index (Phi) is 4.61. The molecule has 0 aliphatic carbocycles. The summed E-state index contributed by atoms with van der Waals surface area (Å²) in [5, 5.41) is 20.8. The Morgan fingerprint density at radius 3 is 1.40 bits per heavy atom. The number of para-hydroxylation sites is 2. The molecule has 106 valence electrons. The van der Waals surface area contributed by atoms with E-state index >= 15 is 0 Å². The van der Waals surface area contributed by atoms with Crippen molar-refractivity contribution in [3.05, 3.63) is 59.7 Å². The van der Waals surface area contributed by atoms with E-state index in [1.54, 1.807) is 36.4 Å². The van der Waals surface area contributed by atoms with Gasteiger partial charge in [-0.15, -0.1) is 0 Å². The molecular formula is C16H18O4. The molecule has 2 aromatic carbocycles. The zero-order chi connectivity index (χ0) is 14.5. The average Bonchev–Trinajstić information content (AvgIpc) is 2.53. The van der Waals surface area contributed by atoms with Crippen molar-refractivity contribution < 1.29 is 19.7 Å². The van der Waals surface area contributed by atoms with E-state index in [1.165, 1.54) is 14.2 Å². The van der Waals surface area contributed by atoms with Crippen molar-refractivity contribution >= 4 is 0 Å². The van der Waals surface area contributed by atoms with Gasteiger partial charge in [-0.25, -0.2) is 0 Å². The van der Waals surface area contributed by atoms with Gasteiger partial charge in [-0.05, 0) is 12.1 Å². The van der Waals surface area contributed by atoms with Crippen LogP contribution in [0.2, 0.25) is 0 Å². The van der Waals surface area contributed by atoms with Gasteiger partial charge in [0, 0.05) is 11.1 Å². The van der Waals surface area contributed by atoms with E-state index in [1.807, 2.05) is 12.1 Å². The molecule has 2 aromatic rings. The number of rotatable bonds is 5. The first-order valence-corrected chi connectivity index (χ1v) is 6.31. The van der Waals surface area contributed by atoms with Crippen LogP contribution in [0.4, 0.5) is 0 Å². The highest BCUT2D eigenvalue weighted by Crippen LogP contribution is 2.37. The summed E-state index contributed by atoms with van der Waals surface area (Å²) in [5.74, 6) is 1.07. The maximum absolute atomic E-state index is 10.4. The molecule has 0 heterocycles. The predicted octanol–water partition coefficient (Wildman–Crippen LogP) is 2.47. The molecule has 0 unspecified atom stereocenters. The molecule has 0 radical (unpaired) electrons. The number of benzene rings is 2. The van der Waals surface area contributed by atoms with Crippen molar-refractivity contribution in [1.29, 1.82) is 0 Å². The Labute approximate surface area is 118 Å². The van der Waals surface area contributed by atoms with E-state index in [0.29, 0.717) is 22.6 Å². The molecule has 0 saturated heterocycles. The molecule has 0 aromatic heterocycles. The van der Waals surface area contributed by atoms with Crippen molar-refractivity contribution in [3.63, 3.8) is 0 Å². The predicted molar refractivity (Wildman–Crippen MR) is 75.9 cm³/mol. The fraction of sp³-hybridized carbons (Fsp3) is 0.250. The van der Waals surface area contributed by atoms with Crippen molar-refractivity contribution in [1.82, 2.24) is 0 Å². The van der Waals surface area contributed by atoms with Crippen LogP contribution in [-0.2, 0) is 0 Å². The van der Waals surface area contributed by atoms with Gasteiger partial charge in [0.15, 0.2) is 0 Å². The molecule has 0 fully saturated rings. The second kappa shape index (κ2) is 6.41. The van der Waals surface area contributed by atoms with E-state index in [2.05, 4.69) is 0 Å². The summed E-state index contributed by atoms with van der Waals surface area (Å²) < 4.78 is 10.4. The number of aliphatic hydroxyl groups is 2. The Hall–Kier alpha value is -2.04. The first-order chi connectivity index (χ1) is 9.69. The molecule has 0 aliphatic heterocycles. The van der Waals surface area contributed by atoms with Crippen LogP contribution in [0.1, 0.15) is 23.3 Å². The molecule has 0 bridgehead atoms. The van der Waals surface area contributed by atoms with Crippen LogP contribution in [0.3, 0.4) is 0 Å². The first kappa shape index (κ1) is 14.4. The van der Waals surface area contributed by atoms with Gasteiger partial charge in [0.2, 0.25) is 0 Å². The summed E-state index contributed by atoms with van der Waals surface area (Å²) >= 11 is 0. The monoisotopic (exact) mass is 274 g/mol. The van der Waals surface area contributed by atoms with Gasteiger partial charge in [-0.3, -0.25) is 0 Å². The third-order valence-electron chi connectivity index (χ3n) is 3.21. The van der Waals surface area contributed by atoms with Crippen molar-refractivity contribution in [2.24, 2.45) is 0 Å². The van der Waals surface area contributed by atoms with Gasteiger partial charge >= 0.3 is 0 Å². The zero-order valence-electron chi connectivity index (χ0n) is 11.5. The van der Waals surface area contributed by atoms with Gasteiger partial charge in [0.25, 0.3) is 0 Å². The van der Waals surface area contributed by atoms with Crippen LogP contribution >= 0.6 is 0 Å². The molecule has 0 aliphatic rings. The fourth-order valence-electron chi connectivity index (χ4n) is 2.16. The zero-order valence-corrected chi connectivity index (χ0v) is 11.5. The fourth-order valence-corrected chi connectivity index (χ4v) is 2.16. The van der Waals surface area contributed by atoms with E-state index in [4.69, 9.17) is 9.47 Å². The van der Waals surface area contributed by atoms with Crippen LogP contribution in [0, 0.1) is 0 Å². The maximum Gasteiger partial charge on any atom is 0.124 e. The molecule has 2 N–H and O–H groups in total. The largest absolute Gasteiger partial charge is 0.496 e. The smallest absolute Gasteiger partial charge is 0.124 e. The SMILES string of the molecule is COc1ccccc1[C@H](O)[C@@H](O)c1ccccc1OC. The molecular weight excluding hydrogens is 256 g/mol. The van der Waals surface area contributed by atoms with E-state index < -0.39 is 12.2 Å². The highest BCUT2D eigenvalue weighted by molar-refractivity contribution is 5.40. The number of ether oxygens (including phenoxy) is 2. The highest BCUT2D eigenvalue weighted by Gasteiger charge is 2.25. The number of aliphatic hydroxyl groups excluding tert-OH is 2. The topological polar surface area (TPSA) is 58.9 Å². The van der Waals surface area contributed by atoms with E-state index in [9.17, 15) is 10.2 Å². The summed E-state index contributed by atoms with van der Waals surface area (Å²) in [4.78, 5) is 0. The molecule has 0 spiro atoms. The molecule has 2 atom stereocenters. The van der Waals surface area contributed by atoms with Crippen LogP contribution in [-0.4, -0.2) is 24.4 Å². The number of methoxy groups -OCH3 is 2. The highest BCUT2D eigenvalue weighted by atomic mass is 16.5. The summed E-state index contributed by atoms with van der Waals surface area (Å²) in [5.41, 5.74) is 1.07. The minimum Gasteiger partial charge on any atom is -0.496 e. The molecule has 4 heteroatoms. The summed E-state index contributed by atoms with van der Waals surface area (Å²) in [6, 6.07) is 14.1. The lowest BCUT2D eigenvalue weighted by Crippen LogP contribution is -2.12. The maximum atomic E-state index is 10.4. The lowest BCUT2D eigenvalue weighted by molar-refractivity contribution is 0.0145. The van der Waals surface area contributed by atoms with Crippen LogP contribution < -0.4 is 9.47 Å². The van der Waals surface area contributed by atoms with Crippen molar-refractivity contribution in [3.8, 4) is 11.5 Å². The third kappa shape index (κ3) is 2.76. The minimum absolute atomic E-state index is 0.536. The summed E-state index contributed by atoms with van der Waals surface area (Å²) in [7, 11) is 3.06. The standard InChI is InChI=1S/C16H18O4/c1-19-13-9-5-3-7-11(13)15(17)16(18)12-8-4-6-10-14(12)20-2/h3-10,15-18H,1-2H3/t15-,16-/m0/s1. The molecule has 0 saturated carbocycles. The first-order valence-electron chi connectivity index (χ1n) is 6.31. The Morgan fingerprint density at radius 1 is 0.700 bits per heavy atom. The Morgan fingerprint density at radius 2 is 1.05 bits per heavy atom. The van der Waals surface area contributed by atoms with Gasteiger partial charge in [-0.1, -0.05) is 36.4 Å². The quantitative estimate of drug-likeness (QED) is 0.879. The summed E-state index contributed by atoms with van der Waals surface area (Å²) in [6.07, 6.45) is -2.19. The van der Waals surface area contributed by atoms with Crippen LogP contribution in [0.15, 0.2) is 48.5 Å². The van der Waals surface area contributed by atoms with Gasteiger partial charge < -0.3 is 19.7 Å². The van der Waals surface area contributed by atoms with E-state index in [-0.39, 0.29) is 0 Å². The second-order valence-electron chi connectivity index (χ2n) is 4.37. The number of hydrogen-bond acceptors (Lipinski definition) is 4. The normalized spacial score (nSPS) is 13.6.